The Bertz CT molecular complexity index is 401. The lowest BCUT2D eigenvalue weighted by Gasteiger charge is -2.04. The molecule has 0 saturated heterocycles. The van der Waals surface area contributed by atoms with Crippen LogP contribution in [0.2, 0.25) is 5.02 Å². The van der Waals surface area contributed by atoms with Crippen molar-refractivity contribution in [2.75, 3.05) is 6.54 Å². The van der Waals surface area contributed by atoms with Crippen molar-refractivity contribution in [3.63, 3.8) is 0 Å². The third kappa shape index (κ3) is 3.58. The van der Waals surface area contributed by atoms with Gasteiger partial charge in [0, 0.05) is 26.2 Å². The topological polar surface area (TPSA) is 71.3 Å². The van der Waals surface area contributed by atoms with Crippen LogP contribution < -0.4 is 5.32 Å². The van der Waals surface area contributed by atoms with Gasteiger partial charge in [0.2, 0.25) is 0 Å². The van der Waals surface area contributed by atoms with Gasteiger partial charge in [-0.15, -0.1) is 0 Å². The Hall–Kier alpha value is -1.49. The Labute approximate surface area is 98.0 Å². The summed E-state index contributed by atoms with van der Waals surface area (Å²) in [4.78, 5) is 21.8. The fraction of sp³-hybridized carbons (Fsp3) is 0.400. The molecule has 2 N–H and O–H groups in total. The molecule has 88 valence electrons. The molecule has 6 heteroatoms. The molecular weight excluding hydrogens is 232 g/mol. The van der Waals surface area contributed by atoms with Crippen molar-refractivity contribution in [2.24, 2.45) is 7.05 Å². The summed E-state index contributed by atoms with van der Waals surface area (Å²) in [5.41, 5.74) is 0.459. The van der Waals surface area contributed by atoms with Crippen LogP contribution in [0.25, 0.3) is 0 Å². The van der Waals surface area contributed by atoms with Gasteiger partial charge in [-0.05, 0) is 12.5 Å². The normalized spacial score (nSPS) is 10.1. The quantitative estimate of drug-likeness (QED) is 0.767. The zero-order valence-corrected chi connectivity index (χ0v) is 9.62. The van der Waals surface area contributed by atoms with E-state index in [1.807, 2.05) is 0 Å². The van der Waals surface area contributed by atoms with Gasteiger partial charge in [-0.3, -0.25) is 9.59 Å². The number of nitrogens with one attached hydrogen (secondary N) is 1. The van der Waals surface area contributed by atoms with E-state index in [2.05, 4.69) is 5.32 Å². The molecule has 1 heterocycles. The Kier molecular flexibility index (Phi) is 4.37. The average molecular weight is 245 g/mol. The van der Waals surface area contributed by atoms with Gasteiger partial charge in [0.05, 0.1) is 5.02 Å². The zero-order chi connectivity index (χ0) is 12.1. The summed E-state index contributed by atoms with van der Waals surface area (Å²) in [6.45, 7) is 0.341. The van der Waals surface area contributed by atoms with Crippen molar-refractivity contribution in [2.45, 2.75) is 12.8 Å². The predicted octanol–water partition coefficient (Wildman–Crippen LogP) is 1.27. The van der Waals surface area contributed by atoms with Crippen LogP contribution in [0.4, 0.5) is 0 Å². The van der Waals surface area contributed by atoms with E-state index in [4.69, 9.17) is 16.7 Å². The first kappa shape index (κ1) is 12.6. The summed E-state index contributed by atoms with van der Waals surface area (Å²) in [5.74, 6) is -1.11. The second-order valence-electron chi connectivity index (χ2n) is 3.41. The van der Waals surface area contributed by atoms with Crippen LogP contribution in [-0.4, -0.2) is 28.1 Å². The molecule has 0 aromatic carbocycles. The third-order valence-electron chi connectivity index (χ3n) is 2.06. The molecule has 0 radical (unpaired) electrons. The minimum atomic E-state index is -0.865. The first-order valence-corrected chi connectivity index (χ1v) is 5.20. The fourth-order valence-corrected chi connectivity index (χ4v) is 1.53. The van der Waals surface area contributed by atoms with Gasteiger partial charge < -0.3 is 15.0 Å². The van der Waals surface area contributed by atoms with Crippen LogP contribution >= 0.6 is 11.6 Å². The largest absolute Gasteiger partial charge is 0.481 e. The number of nitrogens with zero attached hydrogens (tertiary/aromatic N) is 1. The van der Waals surface area contributed by atoms with Crippen LogP contribution in [0.3, 0.4) is 0 Å². The molecule has 1 aromatic heterocycles. The molecule has 0 bridgehead atoms. The number of carbonyl (C=O) groups is 2. The van der Waals surface area contributed by atoms with Gasteiger partial charge in [0.1, 0.15) is 5.69 Å². The average Bonchev–Trinajstić information content (AvgIpc) is 2.52. The number of carboxylic acids is 1. The maximum atomic E-state index is 11.6. The van der Waals surface area contributed by atoms with Crippen molar-refractivity contribution in [1.82, 2.24) is 9.88 Å². The van der Waals surface area contributed by atoms with E-state index in [0.29, 0.717) is 23.7 Å². The molecule has 0 aliphatic carbocycles. The minimum absolute atomic E-state index is 0.0498. The SMILES string of the molecule is Cn1cc(Cl)cc1C(=O)NCCCC(=O)O. The molecule has 5 nitrogen and oxygen atoms in total. The van der Waals surface area contributed by atoms with Crippen molar-refractivity contribution in [3.8, 4) is 0 Å². The van der Waals surface area contributed by atoms with E-state index >= 15 is 0 Å². The number of aromatic nitrogens is 1. The van der Waals surface area contributed by atoms with Crippen LogP contribution in [-0.2, 0) is 11.8 Å². The lowest BCUT2D eigenvalue weighted by Crippen LogP contribution is -2.26. The fourth-order valence-electron chi connectivity index (χ4n) is 1.28. The van der Waals surface area contributed by atoms with Gasteiger partial charge in [0.15, 0.2) is 0 Å². The number of rotatable bonds is 5. The van der Waals surface area contributed by atoms with E-state index in [1.54, 1.807) is 23.9 Å². The number of hydrogen-bond acceptors (Lipinski definition) is 2. The summed E-state index contributed by atoms with van der Waals surface area (Å²) >= 11 is 5.73. The summed E-state index contributed by atoms with van der Waals surface area (Å²) in [6.07, 6.45) is 2.10. The Balaban J connectivity index is 2.41. The summed E-state index contributed by atoms with van der Waals surface area (Å²) in [6, 6.07) is 1.56. The first-order chi connectivity index (χ1) is 7.50. The molecule has 0 atom stereocenters. The Morgan fingerprint density at radius 1 is 1.56 bits per heavy atom. The molecule has 0 spiro atoms. The second-order valence-corrected chi connectivity index (χ2v) is 3.84. The van der Waals surface area contributed by atoms with E-state index in [-0.39, 0.29) is 12.3 Å². The molecule has 16 heavy (non-hydrogen) atoms. The minimum Gasteiger partial charge on any atom is -0.481 e. The second kappa shape index (κ2) is 5.55. The third-order valence-corrected chi connectivity index (χ3v) is 2.26. The van der Waals surface area contributed by atoms with Crippen molar-refractivity contribution in [3.05, 3.63) is 23.0 Å². The number of hydrogen-bond donors (Lipinski definition) is 2. The van der Waals surface area contributed by atoms with Gasteiger partial charge in [0.25, 0.3) is 5.91 Å². The maximum absolute atomic E-state index is 11.6. The number of halogens is 1. The number of carbonyl (C=O) groups excluding carboxylic acids is 1. The van der Waals surface area contributed by atoms with Crippen LogP contribution in [0, 0.1) is 0 Å². The molecule has 1 aromatic rings. The molecule has 0 fully saturated rings. The number of carboxylic acid groups (broad SMARTS) is 1. The zero-order valence-electron chi connectivity index (χ0n) is 8.86. The van der Waals surface area contributed by atoms with Crippen LogP contribution in [0.15, 0.2) is 12.3 Å². The van der Waals surface area contributed by atoms with E-state index in [0.717, 1.165) is 0 Å². The highest BCUT2D eigenvalue weighted by Crippen LogP contribution is 2.12. The molecule has 1 rings (SSSR count). The Morgan fingerprint density at radius 2 is 2.25 bits per heavy atom. The summed E-state index contributed by atoms with van der Waals surface area (Å²) in [7, 11) is 1.72. The highest BCUT2D eigenvalue weighted by molar-refractivity contribution is 6.31. The molecule has 0 unspecified atom stereocenters. The summed E-state index contributed by atoms with van der Waals surface area (Å²) in [5, 5.41) is 11.5. The van der Waals surface area contributed by atoms with E-state index in [1.165, 1.54) is 0 Å². The molecule has 0 saturated carbocycles. The smallest absolute Gasteiger partial charge is 0.303 e. The first-order valence-electron chi connectivity index (χ1n) is 4.82. The molecule has 1 amide bonds. The number of aryl methyl sites for hydroxylation is 1. The van der Waals surface area contributed by atoms with Gasteiger partial charge in [-0.1, -0.05) is 11.6 Å². The van der Waals surface area contributed by atoms with Crippen LogP contribution in [0.5, 0.6) is 0 Å². The van der Waals surface area contributed by atoms with Gasteiger partial charge in [-0.2, -0.15) is 0 Å². The lowest BCUT2D eigenvalue weighted by molar-refractivity contribution is -0.137. The molecule has 0 aliphatic heterocycles. The van der Waals surface area contributed by atoms with Crippen molar-refractivity contribution >= 4 is 23.5 Å². The number of aliphatic carboxylic acids is 1. The van der Waals surface area contributed by atoms with Gasteiger partial charge >= 0.3 is 5.97 Å². The predicted molar refractivity (Wildman–Crippen MR) is 59.6 cm³/mol. The van der Waals surface area contributed by atoms with E-state index < -0.39 is 5.97 Å². The van der Waals surface area contributed by atoms with Crippen molar-refractivity contribution in [1.29, 1.82) is 0 Å². The lowest BCUT2D eigenvalue weighted by atomic mass is 10.3. The highest BCUT2D eigenvalue weighted by atomic mass is 35.5. The van der Waals surface area contributed by atoms with Crippen molar-refractivity contribution < 1.29 is 14.7 Å². The molecular formula is C10H13ClN2O3. The van der Waals surface area contributed by atoms with E-state index in [9.17, 15) is 9.59 Å². The highest BCUT2D eigenvalue weighted by Gasteiger charge is 2.10. The maximum Gasteiger partial charge on any atom is 0.303 e. The van der Waals surface area contributed by atoms with Crippen LogP contribution in [0.1, 0.15) is 23.3 Å². The molecule has 0 aliphatic rings. The summed E-state index contributed by atoms with van der Waals surface area (Å²) < 4.78 is 1.62. The Morgan fingerprint density at radius 3 is 2.75 bits per heavy atom. The standard InChI is InChI=1S/C10H13ClN2O3/c1-13-6-7(11)5-8(13)10(16)12-4-2-3-9(14)15/h5-6H,2-4H2,1H3,(H,12,16)(H,14,15). The number of amides is 1. The van der Waals surface area contributed by atoms with Gasteiger partial charge in [-0.25, -0.2) is 0 Å². The monoisotopic (exact) mass is 244 g/mol.